The third kappa shape index (κ3) is 5.12. The van der Waals surface area contributed by atoms with E-state index < -0.39 is 0 Å². The SMILES string of the molecule is c1ccc(-c2nc(-c3ccccc3)nc(-c3ccc4oc5cc(-c6ccc7sc8c(-n9c%10ccccc%10c%10ccccc%109)cccc8c7c6)ccc5c4c3)n2)cc1. The van der Waals surface area contributed by atoms with Crippen LogP contribution in [0.25, 0.3) is 115 Å². The second-order valence-electron chi connectivity index (χ2n) is 14.4. The molecule has 0 saturated carbocycles. The van der Waals surface area contributed by atoms with Crippen molar-refractivity contribution in [2.45, 2.75) is 0 Å². The summed E-state index contributed by atoms with van der Waals surface area (Å²) in [6, 6.07) is 63.8. The number of thiophene rings is 1. The molecular weight excluding hydrogens is 717 g/mol. The molecule has 4 aromatic heterocycles. The van der Waals surface area contributed by atoms with Crippen LogP contribution in [-0.2, 0) is 0 Å². The molecule has 0 fully saturated rings. The number of hydrogen-bond donors (Lipinski definition) is 0. The summed E-state index contributed by atoms with van der Waals surface area (Å²) in [5.41, 5.74) is 10.4. The zero-order chi connectivity index (χ0) is 37.5. The van der Waals surface area contributed by atoms with Crippen molar-refractivity contribution in [2.75, 3.05) is 0 Å². The highest BCUT2D eigenvalue weighted by Gasteiger charge is 2.18. The van der Waals surface area contributed by atoms with E-state index in [1.54, 1.807) is 0 Å². The molecule has 0 atom stereocenters. The standard InChI is InChI=1S/C51H30N4OS/c1-3-12-31(13-4-1)49-52-50(32-14-5-2-6-15-32)54-51(53-49)35-23-26-45-40(29-35)38-25-22-34(30-46(38)56-45)33-24-27-47-41(28-33)39-18-11-21-44(48(39)57-47)55-42-19-9-7-16-36(42)37-17-8-10-20-43(37)55/h1-30H. The Kier molecular flexibility index (Phi) is 7.03. The van der Waals surface area contributed by atoms with Gasteiger partial charge in [0, 0.05) is 53.7 Å². The largest absolute Gasteiger partial charge is 0.456 e. The minimum atomic E-state index is 0.619. The van der Waals surface area contributed by atoms with E-state index in [4.69, 9.17) is 19.4 Å². The maximum atomic E-state index is 6.51. The van der Waals surface area contributed by atoms with Crippen LogP contribution in [0.15, 0.2) is 186 Å². The molecule has 57 heavy (non-hydrogen) atoms. The smallest absolute Gasteiger partial charge is 0.164 e. The summed E-state index contributed by atoms with van der Waals surface area (Å²) in [6.07, 6.45) is 0. The predicted octanol–water partition coefficient (Wildman–Crippen LogP) is 13.9. The predicted molar refractivity (Wildman–Crippen MR) is 236 cm³/mol. The number of benzene rings is 8. The molecule has 4 heterocycles. The number of furan rings is 1. The highest BCUT2D eigenvalue weighted by Crippen LogP contribution is 2.43. The van der Waals surface area contributed by atoms with Crippen LogP contribution < -0.4 is 0 Å². The normalized spacial score (nSPS) is 11.9. The lowest BCUT2D eigenvalue weighted by Gasteiger charge is -2.09. The van der Waals surface area contributed by atoms with Gasteiger partial charge >= 0.3 is 0 Å². The fraction of sp³-hybridized carbons (Fsp3) is 0. The van der Waals surface area contributed by atoms with E-state index in [2.05, 4.69) is 114 Å². The van der Waals surface area contributed by atoms with Gasteiger partial charge in [-0.25, -0.2) is 15.0 Å². The van der Waals surface area contributed by atoms with Crippen LogP contribution in [0.1, 0.15) is 0 Å². The molecule has 8 aromatic carbocycles. The molecule has 0 aliphatic carbocycles. The first-order valence-electron chi connectivity index (χ1n) is 19.0. The minimum Gasteiger partial charge on any atom is -0.456 e. The van der Waals surface area contributed by atoms with Gasteiger partial charge in [-0.2, -0.15) is 0 Å². The van der Waals surface area contributed by atoms with Crippen molar-refractivity contribution in [3.05, 3.63) is 182 Å². The molecule has 12 rings (SSSR count). The molecule has 6 heteroatoms. The van der Waals surface area contributed by atoms with Crippen LogP contribution in [0.3, 0.4) is 0 Å². The summed E-state index contributed by atoms with van der Waals surface area (Å²) in [5, 5.41) is 7.13. The first-order chi connectivity index (χ1) is 28.2. The van der Waals surface area contributed by atoms with Crippen molar-refractivity contribution in [3.8, 4) is 51.0 Å². The average Bonchev–Trinajstić information content (AvgIpc) is 3.95. The molecule has 0 bridgehead atoms. The maximum Gasteiger partial charge on any atom is 0.164 e. The number of fused-ring (bicyclic) bond motifs is 9. The summed E-state index contributed by atoms with van der Waals surface area (Å²) < 4.78 is 11.5. The topological polar surface area (TPSA) is 56.7 Å². The van der Waals surface area contributed by atoms with Gasteiger partial charge < -0.3 is 8.98 Å². The van der Waals surface area contributed by atoms with E-state index in [0.717, 1.165) is 49.8 Å². The zero-order valence-electron chi connectivity index (χ0n) is 30.4. The van der Waals surface area contributed by atoms with Crippen molar-refractivity contribution in [1.29, 1.82) is 0 Å². The summed E-state index contributed by atoms with van der Waals surface area (Å²) in [5.74, 6) is 1.90. The first-order valence-corrected chi connectivity index (χ1v) is 19.8. The Bertz CT molecular complexity index is 3420. The molecule has 0 aliphatic rings. The van der Waals surface area contributed by atoms with Gasteiger partial charge in [0.1, 0.15) is 11.2 Å². The lowest BCUT2D eigenvalue weighted by atomic mass is 10.0. The number of nitrogens with zero attached hydrogens (tertiary/aromatic N) is 4. The van der Waals surface area contributed by atoms with Gasteiger partial charge in [-0.15, -0.1) is 11.3 Å². The first kappa shape index (κ1) is 31.9. The van der Waals surface area contributed by atoms with Gasteiger partial charge in [0.25, 0.3) is 0 Å². The van der Waals surface area contributed by atoms with Crippen LogP contribution in [0.5, 0.6) is 0 Å². The molecule has 0 aliphatic heterocycles. The van der Waals surface area contributed by atoms with Gasteiger partial charge in [0.05, 0.1) is 21.4 Å². The van der Waals surface area contributed by atoms with E-state index >= 15 is 0 Å². The molecule has 12 aromatic rings. The molecule has 266 valence electrons. The molecular formula is C51H30N4OS. The molecule has 0 saturated heterocycles. The molecule has 0 amide bonds. The van der Waals surface area contributed by atoms with Gasteiger partial charge in [-0.1, -0.05) is 121 Å². The van der Waals surface area contributed by atoms with Crippen LogP contribution in [-0.4, -0.2) is 19.5 Å². The van der Waals surface area contributed by atoms with E-state index in [1.807, 2.05) is 84.1 Å². The van der Waals surface area contributed by atoms with Gasteiger partial charge in [-0.3, -0.25) is 0 Å². The fourth-order valence-electron chi connectivity index (χ4n) is 8.35. The number of rotatable bonds is 5. The highest BCUT2D eigenvalue weighted by molar-refractivity contribution is 7.26. The van der Waals surface area contributed by atoms with Crippen molar-refractivity contribution < 1.29 is 4.42 Å². The number of hydrogen-bond acceptors (Lipinski definition) is 5. The van der Waals surface area contributed by atoms with Crippen molar-refractivity contribution in [1.82, 2.24) is 19.5 Å². The summed E-state index contributed by atoms with van der Waals surface area (Å²) in [4.78, 5) is 14.8. The summed E-state index contributed by atoms with van der Waals surface area (Å²) in [7, 11) is 0. The maximum absolute atomic E-state index is 6.51. The Morgan fingerprint density at radius 2 is 0.930 bits per heavy atom. The quantitative estimate of drug-likeness (QED) is 0.176. The van der Waals surface area contributed by atoms with Crippen molar-refractivity contribution >= 4 is 75.3 Å². The van der Waals surface area contributed by atoms with Gasteiger partial charge in [0.15, 0.2) is 17.5 Å². The van der Waals surface area contributed by atoms with E-state index in [-0.39, 0.29) is 0 Å². The van der Waals surface area contributed by atoms with Crippen LogP contribution in [0.4, 0.5) is 0 Å². The third-order valence-electron chi connectivity index (χ3n) is 11.1. The van der Waals surface area contributed by atoms with Gasteiger partial charge in [-0.05, 0) is 71.8 Å². The minimum absolute atomic E-state index is 0.619. The lowest BCUT2D eigenvalue weighted by Crippen LogP contribution is -2.00. The molecule has 0 radical (unpaired) electrons. The molecule has 0 spiro atoms. The van der Waals surface area contributed by atoms with Crippen LogP contribution in [0.2, 0.25) is 0 Å². The Morgan fingerprint density at radius 1 is 0.368 bits per heavy atom. The molecule has 0 N–H and O–H groups in total. The number of para-hydroxylation sites is 2. The third-order valence-corrected chi connectivity index (χ3v) is 12.3. The zero-order valence-corrected chi connectivity index (χ0v) is 31.2. The Labute approximate surface area is 330 Å². The molecule has 0 unspecified atom stereocenters. The number of aromatic nitrogens is 4. The van der Waals surface area contributed by atoms with Crippen molar-refractivity contribution in [2.24, 2.45) is 0 Å². The van der Waals surface area contributed by atoms with Crippen molar-refractivity contribution in [3.63, 3.8) is 0 Å². The molecule has 5 nitrogen and oxygen atoms in total. The summed E-state index contributed by atoms with van der Waals surface area (Å²) in [6.45, 7) is 0. The Hall–Kier alpha value is -7.41. The Balaban J connectivity index is 0.950. The fourth-order valence-corrected chi connectivity index (χ4v) is 9.54. The van der Waals surface area contributed by atoms with E-state index in [9.17, 15) is 0 Å². The van der Waals surface area contributed by atoms with Crippen LogP contribution >= 0.6 is 11.3 Å². The van der Waals surface area contributed by atoms with Gasteiger partial charge in [0.2, 0.25) is 0 Å². The van der Waals surface area contributed by atoms with Crippen LogP contribution in [0, 0.1) is 0 Å². The van der Waals surface area contributed by atoms with E-state index in [1.165, 1.54) is 47.7 Å². The lowest BCUT2D eigenvalue weighted by molar-refractivity contribution is 0.669. The second-order valence-corrected chi connectivity index (χ2v) is 15.5. The van der Waals surface area contributed by atoms with E-state index in [0.29, 0.717) is 17.5 Å². The monoisotopic (exact) mass is 746 g/mol. The highest BCUT2D eigenvalue weighted by atomic mass is 32.1. The second kappa shape index (κ2) is 12.6. The average molecular weight is 747 g/mol. The Morgan fingerprint density at radius 3 is 1.63 bits per heavy atom. The summed E-state index contributed by atoms with van der Waals surface area (Å²) >= 11 is 1.86.